The van der Waals surface area contributed by atoms with Gasteiger partial charge in [0.1, 0.15) is 5.82 Å². The SMILES string of the molecule is CC(C)c1cc(=O)[nH]c(-c2ccc(F)c(F)c2Br)n1. The molecule has 0 radical (unpaired) electrons. The van der Waals surface area contributed by atoms with Crippen molar-refractivity contribution < 1.29 is 8.78 Å². The van der Waals surface area contributed by atoms with Gasteiger partial charge in [0.25, 0.3) is 5.56 Å². The zero-order valence-electron chi connectivity index (χ0n) is 10.3. The molecule has 0 amide bonds. The van der Waals surface area contributed by atoms with E-state index in [0.717, 1.165) is 6.07 Å². The molecule has 0 aliphatic heterocycles. The fourth-order valence-corrected chi connectivity index (χ4v) is 2.12. The van der Waals surface area contributed by atoms with Gasteiger partial charge in [0, 0.05) is 11.6 Å². The summed E-state index contributed by atoms with van der Waals surface area (Å²) in [4.78, 5) is 18.4. The first kappa shape index (κ1) is 13.9. The van der Waals surface area contributed by atoms with Crippen molar-refractivity contribution in [1.29, 1.82) is 0 Å². The maximum Gasteiger partial charge on any atom is 0.251 e. The number of nitrogens with zero attached hydrogens (tertiary/aromatic N) is 1. The van der Waals surface area contributed by atoms with Crippen molar-refractivity contribution in [1.82, 2.24) is 9.97 Å². The van der Waals surface area contributed by atoms with E-state index in [2.05, 4.69) is 25.9 Å². The molecule has 0 unspecified atom stereocenters. The Kier molecular flexibility index (Phi) is 3.80. The molecule has 1 heterocycles. The number of benzene rings is 1. The Morgan fingerprint density at radius 2 is 2.00 bits per heavy atom. The number of halogens is 3. The van der Waals surface area contributed by atoms with Crippen LogP contribution in [0.1, 0.15) is 25.5 Å². The third-order valence-corrected chi connectivity index (χ3v) is 3.42. The second-order valence-corrected chi connectivity index (χ2v) is 5.19. The van der Waals surface area contributed by atoms with Crippen molar-refractivity contribution in [3.05, 3.63) is 50.4 Å². The van der Waals surface area contributed by atoms with Crippen LogP contribution in [0.4, 0.5) is 8.78 Å². The normalized spacial score (nSPS) is 11.1. The lowest BCUT2D eigenvalue weighted by Gasteiger charge is -2.09. The van der Waals surface area contributed by atoms with Crippen molar-refractivity contribution in [2.45, 2.75) is 19.8 Å². The van der Waals surface area contributed by atoms with Gasteiger partial charge in [-0.25, -0.2) is 13.8 Å². The fourth-order valence-electron chi connectivity index (χ4n) is 1.61. The summed E-state index contributed by atoms with van der Waals surface area (Å²) in [6.07, 6.45) is 0. The molecule has 0 aliphatic carbocycles. The quantitative estimate of drug-likeness (QED) is 0.856. The van der Waals surface area contributed by atoms with Gasteiger partial charge >= 0.3 is 0 Å². The molecule has 0 saturated heterocycles. The van der Waals surface area contributed by atoms with Gasteiger partial charge in [-0.1, -0.05) is 13.8 Å². The summed E-state index contributed by atoms with van der Waals surface area (Å²) >= 11 is 2.98. The van der Waals surface area contributed by atoms with E-state index in [1.54, 1.807) is 0 Å². The van der Waals surface area contributed by atoms with Crippen LogP contribution < -0.4 is 5.56 Å². The van der Waals surface area contributed by atoms with Crippen molar-refractivity contribution in [2.75, 3.05) is 0 Å². The second kappa shape index (κ2) is 5.21. The molecular weight excluding hydrogens is 318 g/mol. The van der Waals surface area contributed by atoms with Gasteiger partial charge in [-0.15, -0.1) is 0 Å². The van der Waals surface area contributed by atoms with Crippen LogP contribution in [0.15, 0.2) is 27.5 Å². The minimum Gasteiger partial charge on any atom is -0.306 e. The van der Waals surface area contributed by atoms with Gasteiger partial charge < -0.3 is 4.98 Å². The van der Waals surface area contributed by atoms with Crippen LogP contribution in [0.25, 0.3) is 11.4 Å². The molecule has 0 saturated carbocycles. The molecule has 1 N–H and O–H groups in total. The summed E-state index contributed by atoms with van der Waals surface area (Å²) in [6.45, 7) is 3.79. The molecule has 1 aromatic heterocycles. The number of hydrogen-bond acceptors (Lipinski definition) is 2. The van der Waals surface area contributed by atoms with Crippen LogP contribution in [0.2, 0.25) is 0 Å². The number of rotatable bonds is 2. The highest BCUT2D eigenvalue weighted by molar-refractivity contribution is 9.10. The topological polar surface area (TPSA) is 45.8 Å². The molecule has 2 aromatic rings. The first-order valence-electron chi connectivity index (χ1n) is 5.65. The molecule has 100 valence electrons. The van der Waals surface area contributed by atoms with Gasteiger partial charge in [0.2, 0.25) is 0 Å². The van der Waals surface area contributed by atoms with E-state index in [1.807, 2.05) is 13.8 Å². The summed E-state index contributed by atoms with van der Waals surface area (Å²) in [5, 5.41) is 0. The molecule has 19 heavy (non-hydrogen) atoms. The van der Waals surface area contributed by atoms with Crippen molar-refractivity contribution in [2.24, 2.45) is 0 Å². The monoisotopic (exact) mass is 328 g/mol. The molecule has 0 fully saturated rings. The van der Waals surface area contributed by atoms with Gasteiger partial charge in [-0.3, -0.25) is 4.79 Å². The van der Waals surface area contributed by atoms with Gasteiger partial charge in [-0.2, -0.15) is 0 Å². The molecule has 6 heteroatoms. The van der Waals surface area contributed by atoms with Crippen molar-refractivity contribution in [3.8, 4) is 11.4 Å². The van der Waals surface area contributed by atoms with E-state index in [9.17, 15) is 13.6 Å². The Balaban J connectivity index is 2.66. The summed E-state index contributed by atoms with van der Waals surface area (Å²) < 4.78 is 26.5. The zero-order valence-corrected chi connectivity index (χ0v) is 11.9. The minimum absolute atomic E-state index is 0.0587. The smallest absolute Gasteiger partial charge is 0.251 e. The molecule has 3 nitrogen and oxygen atoms in total. The summed E-state index contributed by atoms with van der Waals surface area (Å²) in [6, 6.07) is 3.75. The van der Waals surface area contributed by atoms with Crippen LogP contribution >= 0.6 is 15.9 Å². The molecule has 1 aromatic carbocycles. The van der Waals surface area contributed by atoms with E-state index in [1.165, 1.54) is 12.1 Å². The average molecular weight is 329 g/mol. The van der Waals surface area contributed by atoms with E-state index in [4.69, 9.17) is 0 Å². The van der Waals surface area contributed by atoms with Gasteiger partial charge in [0.05, 0.1) is 10.2 Å². The Morgan fingerprint density at radius 3 is 2.63 bits per heavy atom. The molecule has 0 aliphatic rings. The minimum atomic E-state index is -1.00. The first-order valence-corrected chi connectivity index (χ1v) is 6.44. The van der Waals surface area contributed by atoms with Crippen LogP contribution in [0, 0.1) is 11.6 Å². The maximum absolute atomic E-state index is 13.5. The van der Waals surface area contributed by atoms with Gasteiger partial charge in [-0.05, 0) is 34.0 Å². The van der Waals surface area contributed by atoms with Crippen molar-refractivity contribution >= 4 is 15.9 Å². The van der Waals surface area contributed by atoms with E-state index < -0.39 is 11.6 Å². The Morgan fingerprint density at radius 1 is 1.32 bits per heavy atom. The number of H-pyrrole nitrogens is 1. The molecule has 2 rings (SSSR count). The fraction of sp³-hybridized carbons (Fsp3) is 0.231. The third-order valence-electron chi connectivity index (χ3n) is 2.64. The third kappa shape index (κ3) is 2.73. The lowest BCUT2D eigenvalue weighted by Crippen LogP contribution is -2.11. The summed E-state index contributed by atoms with van der Waals surface area (Å²) in [5.41, 5.74) is 0.569. The lowest BCUT2D eigenvalue weighted by molar-refractivity contribution is 0.504. The maximum atomic E-state index is 13.5. The van der Waals surface area contributed by atoms with E-state index in [0.29, 0.717) is 11.3 Å². The standard InChI is InChI=1S/C13H11BrF2N2O/c1-6(2)9-5-10(19)18-13(17-9)7-3-4-8(15)12(16)11(7)14/h3-6H,1-2H3,(H,17,18,19). The van der Waals surface area contributed by atoms with Crippen molar-refractivity contribution in [3.63, 3.8) is 0 Å². The van der Waals surface area contributed by atoms with E-state index >= 15 is 0 Å². The number of aromatic amines is 1. The zero-order chi connectivity index (χ0) is 14.2. The van der Waals surface area contributed by atoms with Crippen LogP contribution in [-0.2, 0) is 0 Å². The molecule has 0 atom stereocenters. The summed E-state index contributed by atoms with van der Waals surface area (Å²) in [7, 11) is 0. The van der Waals surface area contributed by atoms with Gasteiger partial charge in [0.15, 0.2) is 11.6 Å². The predicted molar refractivity (Wildman–Crippen MR) is 72.0 cm³/mol. The number of nitrogens with one attached hydrogen (secondary N) is 1. The van der Waals surface area contributed by atoms with Crippen LogP contribution in [0.3, 0.4) is 0 Å². The Bertz CT molecular complexity index is 683. The first-order chi connectivity index (χ1) is 8.90. The molecule has 0 bridgehead atoms. The average Bonchev–Trinajstić information content (AvgIpc) is 2.35. The predicted octanol–water partition coefficient (Wildman–Crippen LogP) is 3.60. The highest BCUT2D eigenvalue weighted by Crippen LogP contribution is 2.29. The van der Waals surface area contributed by atoms with E-state index in [-0.39, 0.29) is 21.8 Å². The van der Waals surface area contributed by atoms with Crippen LogP contribution in [-0.4, -0.2) is 9.97 Å². The van der Waals surface area contributed by atoms with Crippen LogP contribution in [0.5, 0.6) is 0 Å². The Hall–Kier alpha value is -1.56. The lowest BCUT2D eigenvalue weighted by atomic mass is 10.1. The number of hydrogen-bond donors (Lipinski definition) is 1. The Labute approximate surface area is 116 Å². The largest absolute Gasteiger partial charge is 0.306 e. The molecule has 0 spiro atoms. The highest BCUT2D eigenvalue weighted by Gasteiger charge is 2.15. The highest BCUT2D eigenvalue weighted by atomic mass is 79.9. The summed E-state index contributed by atoms with van der Waals surface area (Å²) in [5.74, 6) is -1.69. The second-order valence-electron chi connectivity index (χ2n) is 4.40. The molecular formula is C13H11BrF2N2O. The number of aromatic nitrogens is 2.